The van der Waals surface area contributed by atoms with Crippen molar-refractivity contribution < 1.29 is 19.8 Å². The number of likely N-dealkylation sites (tertiary alicyclic amines) is 2. The molecule has 0 aromatic carbocycles. The Morgan fingerprint density at radius 1 is 1.22 bits per heavy atom. The van der Waals surface area contributed by atoms with Gasteiger partial charge in [-0.15, -0.1) is 0 Å². The summed E-state index contributed by atoms with van der Waals surface area (Å²) in [7, 11) is 0. The van der Waals surface area contributed by atoms with Crippen LogP contribution >= 0.6 is 0 Å². The maximum atomic E-state index is 12.3. The van der Waals surface area contributed by atoms with E-state index in [0.717, 1.165) is 19.3 Å². The number of piperidine rings is 1. The van der Waals surface area contributed by atoms with Crippen LogP contribution in [0.2, 0.25) is 0 Å². The Morgan fingerprint density at radius 3 is 2.56 bits per heavy atom. The number of hydrogen-bond donors (Lipinski definition) is 2. The normalized spacial score (nSPS) is 32.7. The monoisotopic (exact) mass is 256 g/mol. The fourth-order valence-electron chi connectivity index (χ4n) is 2.81. The van der Waals surface area contributed by atoms with Gasteiger partial charge in [0, 0.05) is 25.6 Å². The molecule has 3 atom stereocenters. The molecule has 0 aliphatic carbocycles. The van der Waals surface area contributed by atoms with Crippen LogP contribution < -0.4 is 0 Å². The molecule has 0 spiro atoms. The standard InChI is InChI=1S/C12H20N2O4/c1-8-4-2-3-5-13(8)12(18)14-7-9(15)6-10(14)11(16)17/h8-10,15H,2-7H2,1H3,(H,16,17). The predicted molar refractivity (Wildman–Crippen MR) is 64.2 cm³/mol. The van der Waals surface area contributed by atoms with Crippen LogP contribution in [0.4, 0.5) is 4.79 Å². The van der Waals surface area contributed by atoms with Crippen molar-refractivity contribution in [2.24, 2.45) is 0 Å². The van der Waals surface area contributed by atoms with Crippen LogP contribution in [0.1, 0.15) is 32.6 Å². The Kier molecular flexibility index (Phi) is 3.75. The van der Waals surface area contributed by atoms with Gasteiger partial charge in [-0.2, -0.15) is 0 Å². The zero-order valence-corrected chi connectivity index (χ0v) is 10.6. The Hall–Kier alpha value is -1.30. The number of nitrogens with zero attached hydrogens (tertiary/aromatic N) is 2. The molecular weight excluding hydrogens is 236 g/mol. The molecule has 3 unspecified atom stereocenters. The number of aliphatic hydroxyl groups is 1. The van der Waals surface area contributed by atoms with E-state index in [9.17, 15) is 14.7 Å². The minimum Gasteiger partial charge on any atom is -0.480 e. The number of carbonyl (C=O) groups excluding carboxylic acids is 1. The van der Waals surface area contributed by atoms with Crippen LogP contribution in [-0.2, 0) is 4.79 Å². The molecule has 102 valence electrons. The van der Waals surface area contributed by atoms with E-state index < -0.39 is 18.1 Å². The Labute approximate surface area is 106 Å². The molecule has 0 saturated carbocycles. The van der Waals surface area contributed by atoms with E-state index >= 15 is 0 Å². The number of amides is 2. The summed E-state index contributed by atoms with van der Waals surface area (Å²) in [4.78, 5) is 26.5. The van der Waals surface area contributed by atoms with Crippen molar-refractivity contribution in [3.63, 3.8) is 0 Å². The summed E-state index contributed by atoms with van der Waals surface area (Å²) in [6.07, 6.45) is 2.43. The topological polar surface area (TPSA) is 81.1 Å². The number of carboxylic acid groups (broad SMARTS) is 1. The first-order chi connectivity index (χ1) is 8.50. The zero-order chi connectivity index (χ0) is 13.3. The van der Waals surface area contributed by atoms with Gasteiger partial charge in [0.1, 0.15) is 6.04 Å². The summed E-state index contributed by atoms with van der Waals surface area (Å²) < 4.78 is 0. The number of aliphatic hydroxyl groups excluding tert-OH is 1. The first-order valence-electron chi connectivity index (χ1n) is 6.49. The van der Waals surface area contributed by atoms with Crippen molar-refractivity contribution >= 4 is 12.0 Å². The summed E-state index contributed by atoms with van der Waals surface area (Å²) in [6.45, 7) is 2.79. The van der Waals surface area contributed by atoms with Gasteiger partial charge in [0.2, 0.25) is 0 Å². The Balaban J connectivity index is 2.09. The fraction of sp³-hybridized carbons (Fsp3) is 0.833. The van der Waals surface area contributed by atoms with E-state index in [0.29, 0.717) is 6.54 Å². The highest BCUT2D eigenvalue weighted by atomic mass is 16.4. The molecule has 0 radical (unpaired) electrons. The number of urea groups is 1. The SMILES string of the molecule is CC1CCCCN1C(=O)N1CC(O)CC1C(=O)O. The van der Waals surface area contributed by atoms with Crippen LogP contribution in [0, 0.1) is 0 Å². The summed E-state index contributed by atoms with van der Waals surface area (Å²) in [5.74, 6) is -1.04. The summed E-state index contributed by atoms with van der Waals surface area (Å²) >= 11 is 0. The number of β-amino-alcohol motifs (C(OH)–C–C–N with tert-alkyl or cyclic N) is 1. The molecule has 2 rings (SSSR count). The third kappa shape index (κ3) is 2.43. The van der Waals surface area contributed by atoms with Crippen molar-refractivity contribution in [3.05, 3.63) is 0 Å². The minimum atomic E-state index is -1.04. The second-order valence-electron chi connectivity index (χ2n) is 5.22. The second kappa shape index (κ2) is 5.14. The molecule has 18 heavy (non-hydrogen) atoms. The highest BCUT2D eigenvalue weighted by molar-refractivity contribution is 5.83. The van der Waals surface area contributed by atoms with Crippen LogP contribution in [0.3, 0.4) is 0 Å². The zero-order valence-electron chi connectivity index (χ0n) is 10.6. The van der Waals surface area contributed by atoms with Crippen molar-refractivity contribution in [2.45, 2.75) is 50.8 Å². The van der Waals surface area contributed by atoms with Crippen molar-refractivity contribution in [3.8, 4) is 0 Å². The maximum absolute atomic E-state index is 12.3. The van der Waals surface area contributed by atoms with Gasteiger partial charge >= 0.3 is 12.0 Å². The molecule has 2 aliphatic heterocycles. The number of hydrogen-bond acceptors (Lipinski definition) is 3. The van der Waals surface area contributed by atoms with Crippen molar-refractivity contribution in [2.75, 3.05) is 13.1 Å². The van der Waals surface area contributed by atoms with E-state index in [1.54, 1.807) is 4.90 Å². The predicted octanol–water partition coefficient (Wildman–Crippen LogP) is 0.501. The maximum Gasteiger partial charge on any atom is 0.326 e. The molecule has 2 fully saturated rings. The smallest absolute Gasteiger partial charge is 0.326 e. The first-order valence-corrected chi connectivity index (χ1v) is 6.49. The third-order valence-electron chi connectivity index (χ3n) is 3.86. The van der Waals surface area contributed by atoms with Crippen molar-refractivity contribution in [1.82, 2.24) is 9.80 Å². The molecule has 2 saturated heterocycles. The molecular formula is C12H20N2O4. The van der Waals surface area contributed by atoms with E-state index in [1.165, 1.54) is 4.90 Å². The molecule has 6 heteroatoms. The minimum absolute atomic E-state index is 0.124. The lowest BCUT2D eigenvalue weighted by molar-refractivity contribution is -0.141. The number of carboxylic acids is 1. The highest BCUT2D eigenvalue weighted by Crippen LogP contribution is 2.24. The van der Waals surface area contributed by atoms with E-state index in [1.807, 2.05) is 6.92 Å². The van der Waals surface area contributed by atoms with Gasteiger partial charge in [-0.05, 0) is 26.2 Å². The lowest BCUT2D eigenvalue weighted by Crippen LogP contribution is -2.52. The molecule has 6 nitrogen and oxygen atoms in total. The summed E-state index contributed by atoms with van der Waals surface area (Å²) in [5, 5.41) is 18.6. The molecule has 0 aromatic heterocycles. The van der Waals surface area contributed by atoms with Crippen molar-refractivity contribution in [1.29, 1.82) is 0 Å². The number of rotatable bonds is 1. The third-order valence-corrected chi connectivity index (χ3v) is 3.86. The van der Waals surface area contributed by atoms with E-state index in [2.05, 4.69) is 0 Å². The van der Waals surface area contributed by atoms with Gasteiger partial charge in [-0.25, -0.2) is 9.59 Å². The molecule has 0 bridgehead atoms. The molecule has 0 aromatic rings. The molecule has 2 heterocycles. The fourth-order valence-corrected chi connectivity index (χ4v) is 2.81. The van der Waals surface area contributed by atoms with Gasteiger partial charge in [-0.1, -0.05) is 0 Å². The van der Waals surface area contributed by atoms with Crippen LogP contribution in [0.25, 0.3) is 0 Å². The number of aliphatic carboxylic acids is 1. The average molecular weight is 256 g/mol. The van der Waals surface area contributed by atoms with Gasteiger partial charge < -0.3 is 20.0 Å². The molecule has 2 amide bonds. The summed E-state index contributed by atoms with van der Waals surface area (Å²) in [5.41, 5.74) is 0. The van der Waals surface area contributed by atoms with Gasteiger partial charge in [0.25, 0.3) is 0 Å². The van der Waals surface area contributed by atoms with Crippen LogP contribution in [0.5, 0.6) is 0 Å². The Bertz CT molecular complexity index is 347. The molecule has 2 aliphatic rings. The Morgan fingerprint density at radius 2 is 1.94 bits per heavy atom. The van der Waals surface area contributed by atoms with Gasteiger partial charge in [-0.3, -0.25) is 0 Å². The second-order valence-corrected chi connectivity index (χ2v) is 5.22. The lowest BCUT2D eigenvalue weighted by Gasteiger charge is -2.37. The van der Waals surface area contributed by atoms with Crippen LogP contribution in [-0.4, -0.2) is 63.3 Å². The number of carbonyl (C=O) groups is 2. The van der Waals surface area contributed by atoms with E-state index in [-0.39, 0.29) is 25.0 Å². The largest absolute Gasteiger partial charge is 0.480 e. The first kappa shape index (κ1) is 13.1. The highest BCUT2D eigenvalue weighted by Gasteiger charge is 2.41. The van der Waals surface area contributed by atoms with E-state index in [4.69, 9.17) is 5.11 Å². The average Bonchev–Trinajstić information content (AvgIpc) is 2.71. The molecule has 2 N–H and O–H groups in total. The summed E-state index contributed by atoms with van der Waals surface area (Å²) in [6, 6.07) is -0.980. The quantitative estimate of drug-likeness (QED) is 0.716. The van der Waals surface area contributed by atoms with Gasteiger partial charge in [0.05, 0.1) is 6.10 Å². The van der Waals surface area contributed by atoms with Gasteiger partial charge in [0.15, 0.2) is 0 Å². The lowest BCUT2D eigenvalue weighted by atomic mass is 10.0. The van der Waals surface area contributed by atoms with Crippen LogP contribution in [0.15, 0.2) is 0 Å².